The number of rotatable bonds is 1. The van der Waals surface area contributed by atoms with Crippen LogP contribution in [0.15, 0.2) is 54.6 Å². The molecule has 0 N–H and O–H groups in total. The third-order valence-electron chi connectivity index (χ3n) is 3.30. The van der Waals surface area contributed by atoms with Crippen LogP contribution < -0.4 is 24.8 Å². The summed E-state index contributed by atoms with van der Waals surface area (Å²) < 4.78 is 0. The Balaban J connectivity index is 0.000000963. The van der Waals surface area contributed by atoms with Crippen LogP contribution in [-0.4, -0.2) is 0 Å². The minimum atomic E-state index is -0.0803. The Hall–Kier alpha value is -0.0969. The SMILES string of the molecule is [CH2-]C1(C2C=Cc3ccccc32)C=CC=C1.[Cl-].[Cl-].[Zr+3]. The molecule has 1 aromatic carbocycles. The molecule has 1 unspecified atom stereocenters. The summed E-state index contributed by atoms with van der Waals surface area (Å²) in [4.78, 5) is 0. The maximum absolute atomic E-state index is 4.33. The van der Waals surface area contributed by atoms with Gasteiger partial charge in [-0.15, -0.1) is 17.6 Å². The van der Waals surface area contributed by atoms with Crippen molar-refractivity contribution < 1.29 is 51.0 Å². The zero-order valence-electron chi connectivity index (χ0n) is 9.81. The molecule has 2 aliphatic carbocycles. The Kier molecular flexibility index (Phi) is 6.86. The second kappa shape index (κ2) is 6.89. The number of allylic oxidation sites excluding steroid dienone is 5. The van der Waals surface area contributed by atoms with Gasteiger partial charge in [-0.3, -0.25) is 0 Å². The van der Waals surface area contributed by atoms with Gasteiger partial charge in [0.1, 0.15) is 0 Å². The molecule has 2 aliphatic rings. The largest absolute Gasteiger partial charge is 3.00 e. The van der Waals surface area contributed by atoms with Crippen molar-refractivity contribution in [1.82, 2.24) is 0 Å². The molecule has 0 nitrogen and oxygen atoms in total. The van der Waals surface area contributed by atoms with Gasteiger partial charge in [0, 0.05) is 0 Å². The van der Waals surface area contributed by atoms with Crippen LogP contribution in [0.25, 0.3) is 6.08 Å². The van der Waals surface area contributed by atoms with Gasteiger partial charge in [-0.2, -0.15) is 0 Å². The van der Waals surface area contributed by atoms with Crippen molar-refractivity contribution in [3.05, 3.63) is 72.7 Å². The van der Waals surface area contributed by atoms with E-state index in [2.05, 4.69) is 67.6 Å². The van der Waals surface area contributed by atoms with E-state index < -0.39 is 0 Å². The predicted octanol–water partition coefficient (Wildman–Crippen LogP) is -2.25. The quantitative estimate of drug-likeness (QED) is 0.500. The summed E-state index contributed by atoms with van der Waals surface area (Å²) in [6, 6.07) is 8.55. The van der Waals surface area contributed by atoms with Crippen LogP contribution in [0, 0.1) is 12.3 Å². The topological polar surface area (TPSA) is 0 Å². The van der Waals surface area contributed by atoms with E-state index in [9.17, 15) is 0 Å². The Labute approximate surface area is 140 Å². The molecule has 0 amide bonds. The van der Waals surface area contributed by atoms with Crippen molar-refractivity contribution in [1.29, 1.82) is 0 Å². The van der Waals surface area contributed by atoms with Crippen molar-refractivity contribution in [2.24, 2.45) is 5.41 Å². The van der Waals surface area contributed by atoms with Gasteiger partial charge in [0.05, 0.1) is 0 Å². The van der Waals surface area contributed by atoms with Crippen LogP contribution >= 0.6 is 0 Å². The molecule has 0 saturated carbocycles. The molecule has 0 fully saturated rings. The Bertz CT molecular complexity index is 477. The van der Waals surface area contributed by atoms with Crippen LogP contribution in [-0.2, 0) is 26.2 Å². The zero-order valence-corrected chi connectivity index (χ0v) is 13.8. The number of benzene rings is 1. The van der Waals surface area contributed by atoms with Gasteiger partial charge in [0.2, 0.25) is 0 Å². The normalized spacial score (nSPS) is 20.6. The number of fused-ring (bicyclic) bond motifs is 1. The van der Waals surface area contributed by atoms with Crippen molar-refractivity contribution >= 4 is 6.08 Å². The van der Waals surface area contributed by atoms with E-state index >= 15 is 0 Å². The first-order valence-corrected chi connectivity index (χ1v) is 5.29. The van der Waals surface area contributed by atoms with Crippen LogP contribution in [0.3, 0.4) is 0 Å². The monoisotopic (exact) mass is 353 g/mol. The molecule has 91 valence electrons. The first-order valence-electron chi connectivity index (χ1n) is 5.29. The van der Waals surface area contributed by atoms with E-state index in [1.54, 1.807) is 0 Å². The standard InChI is InChI=1S/C15H13.2ClH.Zr/c1-15(10-4-5-11-15)14-9-8-12-6-2-3-7-13(12)14;;;/h2-11,14H,1H2;2*1H;/q-1;;;+3/p-2. The van der Waals surface area contributed by atoms with E-state index in [0.29, 0.717) is 5.92 Å². The van der Waals surface area contributed by atoms with Crippen molar-refractivity contribution in [3.8, 4) is 0 Å². The number of hydrogen-bond donors (Lipinski definition) is 0. The molecular formula is C15H13Cl2Zr. The Morgan fingerprint density at radius 1 is 1.00 bits per heavy atom. The van der Waals surface area contributed by atoms with Crippen LogP contribution in [0.4, 0.5) is 0 Å². The molecule has 1 aromatic rings. The van der Waals surface area contributed by atoms with Crippen LogP contribution in [0.1, 0.15) is 17.0 Å². The average molecular weight is 355 g/mol. The molecule has 3 heteroatoms. The molecular weight excluding hydrogens is 342 g/mol. The van der Waals surface area contributed by atoms with Crippen molar-refractivity contribution in [2.75, 3.05) is 0 Å². The van der Waals surface area contributed by atoms with Gasteiger partial charge in [-0.1, -0.05) is 48.6 Å². The average Bonchev–Trinajstić information content (AvgIpc) is 2.84. The van der Waals surface area contributed by atoms with Gasteiger partial charge < -0.3 is 31.7 Å². The van der Waals surface area contributed by atoms with Crippen molar-refractivity contribution in [2.45, 2.75) is 5.92 Å². The Morgan fingerprint density at radius 2 is 1.61 bits per heavy atom. The van der Waals surface area contributed by atoms with Crippen LogP contribution in [0.2, 0.25) is 0 Å². The number of hydrogen-bond acceptors (Lipinski definition) is 0. The van der Waals surface area contributed by atoms with Gasteiger partial charge >= 0.3 is 26.2 Å². The minimum absolute atomic E-state index is 0. The fourth-order valence-corrected chi connectivity index (χ4v) is 2.45. The summed E-state index contributed by atoms with van der Waals surface area (Å²) in [5.74, 6) is 0.392. The molecule has 1 radical (unpaired) electrons. The zero-order chi connectivity index (χ0) is 10.3. The van der Waals surface area contributed by atoms with E-state index in [0.717, 1.165) is 0 Å². The molecule has 0 aromatic heterocycles. The first kappa shape index (κ1) is 17.9. The summed E-state index contributed by atoms with van der Waals surface area (Å²) in [5.41, 5.74) is 2.64. The third kappa shape index (κ3) is 2.90. The van der Waals surface area contributed by atoms with Gasteiger partial charge in [-0.25, -0.2) is 0 Å². The van der Waals surface area contributed by atoms with E-state index in [-0.39, 0.29) is 56.4 Å². The maximum Gasteiger partial charge on any atom is 3.00 e. The molecule has 0 spiro atoms. The second-order valence-corrected chi connectivity index (χ2v) is 4.30. The van der Waals surface area contributed by atoms with E-state index in [1.807, 2.05) is 0 Å². The summed E-state index contributed by atoms with van der Waals surface area (Å²) in [6.07, 6.45) is 13.0. The molecule has 0 bridgehead atoms. The Morgan fingerprint density at radius 3 is 2.28 bits per heavy atom. The molecule has 3 rings (SSSR count). The predicted molar refractivity (Wildman–Crippen MR) is 64.3 cm³/mol. The van der Waals surface area contributed by atoms with Gasteiger partial charge in [0.15, 0.2) is 0 Å². The molecule has 0 heterocycles. The van der Waals surface area contributed by atoms with Crippen molar-refractivity contribution in [3.63, 3.8) is 0 Å². The summed E-state index contributed by atoms with van der Waals surface area (Å²) >= 11 is 0. The smallest absolute Gasteiger partial charge is 1.00 e. The summed E-state index contributed by atoms with van der Waals surface area (Å²) in [7, 11) is 0. The molecule has 0 saturated heterocycles. The molecule has 0 aliphatic heterocycles. The minimum Gasteiger partial charge on any atom is -1.00 e. The fourth-order valence-electron chi connectivity index (χ4n) is 2.45. The third-order valence-corrected chi connectivity index (χ3v) is 3.30. The fraction of sp³-hybridized carbons (Fsp3) is 0.133. The van der Waals surface area contributed by atoms with Crippen LogP contribution in [0.5, 0.6) is 0 Å². The van der Waals surface area contributed by atoms with Gasteiger partial charge in [0.25, 0.3) is 0 Å². The number of halogens is 2. The first-order chi connectivity index (χ1) is 7.30. The summed E-state index contributed by atoms with van der Waals surface area (Å²) in [6.45, 7) is 4.33. The molecule has 1 atom stereocenters. The van der Waals surface area contributed by atoms with E-state index in [4.69, 9.17) is 0 Å². The molecule has 18 heavy (non-hydrogen) atoms. The second-order valence-electron chi connectivity index (χ2n) is 4.30. The summed E-state index contributed by atoms with van der Waals surface area (Å²) in [5, 5.41) is 0. The van der Waals surface area contributed by atoms with Gasteiger partial charge in [-0.05, 0) is 17.0 Å². The maximum atomic E-state index is 4.33. The van der Waals surface area contributed by atoms with E-state index in [1.165, 1.54) is 11.1 Å².